The molecule has 1 spiro atoms. The number of imidazole rings is 1. The molecule has 4 N–H and O–H groups in total. The highest BCUT2D eigenvalue weighted by molar-refractivity contribution is 6.30. The highest BCUT2D eigenvalue weighted by atomic mass is 35.5. The predicted molar refractivity (Wildman–Crippen MR) is 130 cm³/mol. The van der Waals surface area contributed by atoms with Gasteiger partial charge in [0.15, 0.2) is 17.3 Å². The standard InChI is InChI=1S/C24H26ClF2N7O2/c25-13-5-16(26)19(17(27)6-13)32-23-31-18-9-29-22(30-14-7-24(8-14)10-36-11-24)33-21(18)34(23)15-3-1-12(2-4-15)20(28)35/h5-6,9,12,14-15H,1-4,7-8,10-11H2,(H2,28,35)(H,31,32)(H,29,30,33). The molecule has 0 unspecified atom stereocenters. The fourth-order valence-corrected chi connectivity index (χ4v) is 5.87. The number of carbonyl (C=O) groups excluding carboxylic acids is 1. The number of hydrogen-bond acceptors (Lipinski definition) is 7. The third kappa shape index (κ3) is 4.13. The number of benzene rings is 1. The Labute approximate surface area is 210 Å². The maximum absolute atomic E-state index is 14.6. The van der Waals surface area contributed by atoms with E-state index in [1.54, 1.807) is 6.20 Å². The SMILES string of the molecule is NC(=O)C1CCC(n2c(Nc3c(F)cc(Cl)cc3F)nc3cnc(NC4CC5(COC5)C4)nc32)CC1. The molecule has 3 aromatic rings. The fraction of sp³-hybridized carbons (Fsp3) is 0.500. The number of rotatable bonds is 6. The van der Waals surface area contributed by atoms with Gasteiger partial charge in [0.25, 0.3) is 0 Å². The van der Waals surface area contributed by atoms with E-state index in [1.807, 2.05) is 4.57 Å². The summed E-state index contributed by atoms with van der Waals surface area (Å²) in [6.45, 7) is 1.61. The van der Waals surface area contributed by atoms with Gasteiger partial charge >= 0.3 is 0 Å². The van der Waals surface area contributed by atoms with Crippen LogP contribution in [0.1, 0.15) is 44.6 Å². The van der Waals surface area contributed by atoms with Crippen LogP contribution < -0.4 is 16.4 Å². The number of halogens is 3. The summed E-state index contributed by atoms with van der Waals surface area (Å²) >= 11 is 5.79. The van der Waals surface area contributed by atoms with E-state index in [0.29, 0.717) is 48.2 Å². The Kier molecular flexibility index (Phi) is 5.71. The van der Waals surface area contributed by atoms with Gasteiger partial charge in [-0.1, -0.05) is 11.6 Å². The van der Waals surface area contributed by atoms with Crippen LogP contribution in [0.5, 0.6) is 0 Å². The van der Waals surface area contributed by atoms with Gasteiger partial charge in [-0.05, 0) is 50.7 Å². The maximum Gasteiger partial charge on any atom is 0.224 e. The minimum atomic E-state index is -0.830. The molecule has 6 rings (SSSR count). The van der Waals surface area contributed by atoms with E-state index in [4.69, 9.17) is 27.1 Å². The summed E-state index contributed by atoms with van der Waals surface area (Å²) < 4.78 is 36.4. The van der Waals surface area contributed by atoms with Crippen molar-refractivity contribution in [2.75, 3.05) is 23.8 Å². The van der Waals surface area contributed by atoms with E-state index >= 15 is 0 Å². The first-order valence-electron chi connectivity index (χ1n) is 12.1. The first-order valence-corrected chi connectivity index (χ1v) is 12.5. The minimum Gasteiger partial charge on any atom is -0.380 e. The van der Waals surface area contributed by atoms with Crippen LogP contribution in [0.15, 0.2) is 18.3 Å². The number of nitrogens with one attached hydrogen (secondary N) is 2. The molecule has 36 heavy (non-hydrogen) atoms. The minimum absolute atomic E-state index is 0.0401. The van der Waals surface area contributed by atoms with E-state index in [0.717, 1.165) is 38.2 Å². The molecule has 1 saturated heterocycles. The second-order valence-corrected chi connectivity index (χ2v) is 10.7. The van der Waals surface area contributed by atoms with Crippen LogP contribution in [0, 0.1) is 23.0 Å². The number of ether oxygens (including phenoxy) is 1. The summed E-state index contributed by atoms with van der Waals surface area (Å²) in [6.07, 6.45) is 6.15. The second kappa shape index (κ2) is 8.81. The van der Waals surface area contributed by atoms with Crippen LogP contribution in [0.25, 0.3) is 11.2 Å². The Morgan fingerprint density at radius 3 is 2.44 bits per heavy atom. The monoisotopic (exact) mass is 517 g/mol. The number of anilines is 3. The highest BCUT2D eigenvalue weighted by Gasteiger charge is 2.50. The Morgan fingerprint density at radius 2 is 1.83 bits per heavy atom. The molecule has 2 aliphatic carbocycles. The Hall–Kier alpha value is -3.05. The summed E-state index contributed by atoms with van der Waals surface area (Å²) in [5.41, 5.74) is 6.51. The Balaban J connectivity index is 1.33. The molecular weight excluding hydrogens is 492 g/mol. The average Bonchev–Trinajstić information content (AvgIpc) is 3.14. The van der Waals surface area contributed by atoms with Crippen LogP contribution >= 0.6 is 11.6 Å². The first kappa shape index (κ1) is 23.4. The van der Waals surface area contributed by atoms with Crippen LogP contribution in [-0.4, -0.2) is 44.7 Å². The van der Waals surface area contributed by atoms with Gasteiger partial charge in [-0.2, -0.15) is 4.98 Å². The van der Waals surface area contributed by atoms with Crippen molar-refractivity contribution < 1.29 is 18.3 Å². The van der Waals surface area contributed by atoms with Crippen molar-refractivity contribution in [3.05, 3.63) is 35.0 Å². The zero-order chi connectivity index (χ0) is 25.0. The third-order valence-corrected chi connectivity index (χ3v) is 7.87. The molecule has 1 aliphatic heterocycles. The van der Waals surface area contributed by atoms with Crippen LogP contribution in [-0.2, 0) is 9.53 Å². The Morgan fingerprint density at radius 1 is 1.14 bits per heavy atom. The molecule has 3 fully saturated rings. The average molecular weight is 518 g/mol. The summed E-state index contributed by atoms with van der Waals surface area (Å²) in [5.74, 6) is -1.44. The number of fused-ring (bicyclic) bond motifs is 1. The van der Waals surface area contributed by atoms with Crippen molar-refractivity contribution in [1.29, 1.82) is 0 Å². The van der Waals surface area contributed by atoms with Gasteiger partial charge in [0.05, 0.1) is 19.4 Å². The number of nitrogens with two attached hydrogens (primary N) is 1. The van der Waals surface area contributed by atoms with Crippen molar-refractivity contribution in [2.24, 2.45) is 17.1 Å². The summed E-state index contributed by atoms with van der Waals surface area (Å²) in [5, 5.41) is 6.17. The van der Waals surface area contributed by atoms with Gasteiger partial charge in [-0.3, -0.25) is 9.36 Å². The van der Waals surface area contributed by atoms with Gasteiger partial charge in [0.1, 0.15) is 11.2 Å². The van der Waals surface area contributed by atoms with Crippen LogP contribution in [0.2, 0.25) is 5.02 Å². The molecule has 3 aliphatic rings. The topological polar surface area (TPSA) is 120 Å². The Bertz CT molecular complexity index is 1310. The normalized spacial score (nSPS) is 23.3. The number of primary amides is 1. The zero-order valence-electron chi connectivity index (χ0n) is 19.4. The van der Waals surface area contributed by atoms with Crippen LogP contribution in [0.4, 0.5) is 26.4 Å². The first-order chi connectivity index (χ1) is 17.3. The van der Waals surface area contributed by atoms with Crippen molar-refractivity contribution in [2.45, 2.75) is 50.6 Å². The van der Waals surface area contributed by atoms with E-state index < -0.39 is 11.6 Å². The number of carbonyl (C=O) groups is 1. The zero-order valence-corrected chi connectivity index (χ0v) is 20.2. The summed E-state index contributed by atoms with van der Waals surface area (Å²) in [6, 6.07) is 2.26. The molecule has 0 atom stereocenters. The van der Waals surface area contributed by atoms with E-state index in [-0.39, 0.29) is 40.6 Å². The lowest BCUT2D eigenvalue weighted by molar-refractivity contribution is -0.160. The molecule has 0 radical (unpaired) electrons. The van der Waals surface area contributed by atoms with Gasteiger partial charge in [-0.25, -0.2) is 18.7 Å². The van der Waals surface area contributed by atoms with E-state index in [2.05, 4.69) is 20.6 Å². The summed E-state index contributed by atoms with van der Waals surface area (Å²) in [7, 11) is 0. The summed E-state index contributed by atoms with van der Waals surface area (Å²) in [4.78, 5) is 25.4. The lowest BCUT2D eigenvalue weighted by atomic mass is 9.64. The molecular formula is C24H26ClF2N7O2. The molecule has 12 heteroatoms. The molecule has 1 amide bonds. The molecule has 2 aromatic heterocycles. The largest absolute Gasteiger partial charge is 0.380 e. The van der Waals surface area contributed by atoms with Crippen molar-refractivity contribution in [1.82, 2.24) is 19.5 Å². The molecule has 2 saturated carbocycles. The van der Waals surface area contributed by atoms with Crippen molar-refractivity contribution in [3.63, 3.8) is 0 Å². The van der Waals surface area contributed by atoms with E-state index in [1.165, 1.54) is 0 Å². The number of nitrogens with zero attached hydrogens (tertiary/aromatic N) is 4. The smallest absolute Gasteiger partial charge is 0.224 e. The molecule has 0 bridgehead atoms. The second-order valence-electron chi connectivity index (χ2n) is 10.2. The molecule has 9 nitrogen and oxygen atoms in total. The quantitative estimate of drug-likeness (QED) is 0.445. The number of amides is 1. The van der Waals surface area contributed by atoms with Crippen molar-refractivity contribution >= 4 is 46.3 Å². The lowest BCUT2D eigenvalue weighted by Crippen LogP contribution is -2.56. The van der Waals surface area contributed by atoms with Gasteiger partial charge < -0.3 is 21.1 Å². The predicted octanol–water partition coefficient (Wildman–Crippen LogP) is 4.31. The maximum atomic E-state index is 14.6. The fourth-order valence-electron chi connectivity index (χ4n) is 5.68. The number of hydrogen-bond donors (Lipinski definition) is 3. The highest BCUT2D eigenvalue weighted by Crippen LogP contribution is 2.47. The van der Waals surface area contributed by atoms with Gasteiger partial charge in [0, 0.05) is 28.4 Å². The molecule has 1 aromatic carbocycles. The van der Waals surface area contributed by atoms with Gasteiger partial charge in [0.2, 0.25) is 17.8 Å². The van der Waals surface area contributed by atoms with Crippen molar-refractivity contribution in [3.8, 4) is 0 Å². The van der Waals surface area contributed by atoms with E-state index in [9.17, 15) is 13.6 Å². The third-order valence-electron chi connectivity index (χ3n) is 7.65. The van der Waals surface area contributed by atoms with Crippen LogP contribution in [0.3, 0.4) is 0 Å². The molecule has 190 valence electrons. The lowest BCUT2D eigenvalue weighted by Gasteiger charge is -2.53. The molecule has 3 heterocycles. The number of aromatic nitrogens is 4. The van der Waals surface area contributed by atoms with Gasteiger partial charge in [-0.15, -0.1) is 0 Å².